The van der Waals surface area contributed by atoms with E-state index >= 15 is 0 Å². The summed E-state index contributed by atoms with van der Waals surface area (Å²) in [4.78, 5) is 11.1. The fourth-order valence-electron chi connectivity index (χ4n) is 2.11. The number of hydrogen-bond acceptors (Lipinski definition) is 6. The average molecular weight is 368 g/mol. The highest BCUT2D eigenvalue weighted by Gasteiger charge is 2.27. The van der Waals surface area contributed by atoms with Crippen LogP contribution in [0.3, 0.4) is 0 Å². The van der Waals surface area contributed by atoms with Crippen LogP contribution in [0.25, 0.3) is 11.0 Å². The SMILES string of the molecule is O=c1oc2ccc(Cl)cc2c(O)c1S(=O)(=O)Nc1ccc(O)cc1. The summed E-state index contributed by atoms with van der Waals surface area (Å²) in [6.07, 6.45) is 0. The van der Waals surface area contributed by atoms with Crippen molar-refractivity contribution in [3.8, 4) is 11.5 Å². The molecule has 9 heteroatoms. The third-order valence-corrected chi connectivity index (χ3v) is 4.83. The van der Waals surface area contributed by atoms with E-state index in [1.165, 1.54) is 42.5 Å². The van der Waals surface area contributed by atoms with E-state index in [2.05, 4.69) is 4.72 Å². The molecule has 0 spiro atoms. The van der Waals surface area contributed by atoms with Crippen LogP contribution in [0.15, 0.2) is 56.6 Å². The van der Waals surface area contributed by atoms with Crippen LogP contribution in [0.2, 0.25) is 5.02 Å². The summed E-state index contributed by atoms with van der Waals surface area (Å²) in [7, 11) is -4.42. The van der Waals surface area contributed by atoms with Crippen LogP contribution in [-0.4, -0.2) is 18.6 Å². The predicted octanol–water partition coefficient (Wildman–Crippen LogP) is 2.66. The van der Waals surface area contributed by atoms with E-state index in [-0.39, 0.29) is 27.4 Å². The maximum atomic E-state index is 12.4. The fraction of sp³-hybridized carbons (Fsp3) is 0. The van der Waals surface area contributed by atoms with Gasteiger partial charge >= 0.3 is 5.63 Å². The van der Waals surface area contributed by atoms with Gasteiger partial charge in [0, 0.05) is 10.7 Å². The smallest absolute Gasteiger partial charge is 0.361 e. The van der Waals surface area contributed by atoms with E-state index < -0.39 is 26.3 Å². The molecule has 0 saturated heterocycles. The molecule has 0 fully saturated rings. The van der Waals surface area contributed by atoms with Gasteiger partial charge in [-0.3, -0.25) is 4.72 Å². The molecule has 0 atom stereocenters. The minimum atomic E-state index is -4.42. The highest BCUT2D eigenvalue weighted by molar-refractivity contribution is 7.92. The molecular formula is C15H10ClNO6S. The van der Waals surface area contributed by atoms with Gasteiger partial charge in [0.1, 0.15) is 11.3 Å². The number of benzene rings is 2. The lowest BCUT2D eigenvalue weighted by atomic mass is 10.2. The molecule has 3 rings (SSSR count). The second kappa shape index (κ2) is 5.73. The molecule has 0 amide bonds. The van der Waals surface area contributed by atoms with Crippen molar-refractivity contribution < 1.29 is 23.0 Å². The zero-order valence-electron chi connectivity index (χ0n) is 11.9. The molecule has 0 bridgehead atoms. The molecule has 124 valence electrons. The normalized spacial score (nSPS) is 11.5. The minimum Gasteiger partial charge on any atom is -0.508 e. The van der Waals surface area contributed by atoms with E-state index in [0.29, 0.717) is 0 Å². The van der Waals surface area contributed by atoms with E-state index in [4.69, 9.17) is 16.0 Å². The molecule has 1 heterocycles. The number of sulfonamides is 1. The number of aromatic hydroxyl groups is 2. The van der Waals surface area contributed by atoms with Gasteiger partial charge in [-0.05, 0) is 42.5 Å². The molecule has 3 N–H and O–H groups in total. The summed E-state index contributed by atoms with van der Waals surface area (Å²) < 4.78 is 31.9. The standard InChI is InChI=1S/C15H10ClNO6S/c16-8-1-6-12-11(7-8)13(19)14(15(20)23-12)24(21,22)17-9-2-4-10(18)5-3-9/h1-7,17-19H. The van der Waals surface area contributed by atoms with Gasteiger partial charge < -0.3 is 14.6 Å². The second-order valence-electron chi connectivity index (χ2n) is 4.86. The molecule has 0 unspecified atom stereocenters. The van der Waals surface area contributed by atoms with Crippen molar-refractivity contribution in [2.75, 3.05) is 4.72 Å². The summed E-state index contributed by atoms with van der Waals surface area (Å²) in [6.45, 7) is 0. The van der Waals surface area contributed by atoms with Crippen molar-refractivity contribution in [1.29, 1.82) is 0 Å². The first-order valence-electron chi connectivity index (χ1n) is 6.55. The number of hydrogen-bond donors (Lipinski definition) is 3. The molecule has 3 aromatic rings. The van der Waals surface area contributed by atoms with Gasteiger partial charge in [-0.15, -0.1) is 0 Å². The summed E-state index contributed by atoms with van der Waals surface area (Å²) in [5, 5.41) is 19.7. The summed E-state index contributed by atoms with van der Waals surface area (Å²) >= 11 is 5.82. The van der Waals surface area contributed by atoms with Gasteiger partial charge in [-0.1, -0.05) is 11.6 Å². The Hall–Kier alpha value is -2.71. The van der Waals surface area contributed by atoms with Crippen LogP contribution in [0.4, 0.5) is 5.69 Å². The lowest BCUT2D eigenvalue weighted by Gasteiger charge is -2.10. The Bertz CT molecular complexity index is 1090. The number of halogens is 1. The number of anilines is 1. The Labute approximate surface area is 140 Å². The Morgan fingerprint density at radius 3 is 2.38 bits per heavy atom. The van der Waals surface area contributed by atoms with E-state index in [0.717, 1.165) is 0 Å². The highest BCUT2D eigenvalue weighted by Crippen LogP contribution is 2.32. The number of phenols is 1. The number of nitrogens with one attached hydrogen (secondary N) is 1. The van der Waals surface area contributed by atoms with Crippen LogP contribution < -0.4 is 10.3 Å². The molecule has 7 nitrogen and oxygen atoms in total. The monoisotopic (exact) mass is 367 g/mol. The first-order chi connectivity index (χ1) is 11.3. The fourth-order valence-corrected chi connectivity index (χ4v) is 3.46. The summed E-state index contributed by atoms with van der Waals surface area (Å²) in [6, 6.07) is 9.19. The van der Waals surface area contributed by atoms with Gasteiger partial charge in [0.05, 0.1) is 5.39 Å². The van der Waals surface area contributed by atoms with Crippen molar-refractivity contribution in [2.45, 2.75) is 4.90 Å². The molecular weight excluding hydrogens is 358 g/mol. The quantitative estimate of drug-likeness (QED) is 0.484. The van der Waals surface area contributed by atoms with Crippen molar-refractivity contribution in [3.63, 3.8) is 0 Å². The molecule has 0 aliphatic carbocycles. The molecule has 0 aliphatic rings. The third-order valence-electron chi connectivity index (χ3n) is 3.19. The average Bonchev–Trinajstić information content (AvgIpc) is 2.50. The van der Waals surface area contributed by atoms with Gasteiger partial charge in [-0.25, -0.2) is 13.2 Å². The molecule has 0 radical (unpaired) electrons. The maximum absolute atomic E-state index is 12.4. The minimum absolute atomic E-state index is 0.00508. The van der Waals surface area contributed by atoms with Crippen LogP contribution in [0, 0.1) is 0 Å². The van der Waals surface area contributed by atoms with Crippen molar-refractivity contribution in [3.05, 3.63) is 57.9 Å². The van der Waals surface area contributed by atoms with Crippen LogP contribution in [-0.2, 0) is 10.0 Å². The second-order valence-corrected chi connectivity index (χ2v) is 6.92. The molecule has 24 heavy (non-hydrogen) atoms. The Morgan fingerprint density at radius 1 is 1.04 bits per heavy atom. The summed E-state index contributed by atoms with van der Waals surface area (Å²) in [5.41, 5.74) is -1.11. The maximum Gasteiger partial charge on any atom is 0.361 e. The van der Waals surface area contributed by atoms with E-state index in [9.17, 15) is 23.4 Å². The third kappa shape index (κ3) is 2.89. The van der Waals surface area contributed by atoms with E-state index in [1.54, 1.807) is 0 Å². The largest absolute Gasteiger partial charge is 0.508 e. The van der Waals surface area contributed by atoms with Crippen LogP contribution >= 0.6 is 11.6 Å². The summed E-state index contributed by atoms with van der Waals surface area (Å²) in [5.74, 6) is -0.810. The van der Waals surface area contributed by atoms with Crippen molar-refractivity contribution in [2.24, 2.45) is 0 Å². The first kappa shape index (κ1) is 16.2. The van der Waals surface area contributed by atoms with E-state index in [1.807, 2.05) is 0 Å². The topological polar surface area (TPSA) is 117 Å². The number of fused-ring (bicyclic) bond motifs is 1. The van der Waals surface area contributed by atoms with Crippen molar-refractivity contribution in [1.82, 2.24) is 0 Å². The molecule has 2 aromatic carbocycles. The molecule has 0 aliphatic heterocycles. The number of rotatable bonds is 3. The van der Waals surface area contributed by atoms with Crippen LogP contribution in [0.1, 0.15) is 0 Å². The highest BCUT2D eigenvalue weighted by atomic mass is 35.5. The van der Waals surface area contributed by atoms with Crippen LogP contribution in [0.5, 0.6) is 11.5 Å². The lowest BCUT2D eigenvalue weighted by molar-refractivity contribution is 0.442. The Balaban J connectivity index is 2.17. The van der Waals surface area contributed by atoms with Gasteiger partial charge in [0.25, 0.3) is 10.0 Å². The number of phenolic OH excluding ortho intramolecular Hbond substituents is 1. The zero-order valence-corrected chi connectivity index (χ0v) is 13.4. The molecule has 0 saturated carbocycles. The predicted molar refractivity (Wildman–Crippen MR) is 88.1 cm³/mol. The van der Waals surface area contributed by atoms with Gasteiger partial charge in [-0.2, -0.15) is 0 Å². The lowest BCUT2D eigenvalue weighted by Crippen LogP contribution is -2.21. The zero-order chi connectivity index (χ0) is 17.5. The van der Waals surface area contributed by atoms with Crippen molar-refractivity contribution >= 4 is 38.3 Å². The Kier molecular flexibility index (Phi) is 3.86. The Morgan fingerprint density at radius 2 is 1.71 bits per heavy atom. The van der Waals surface area contributed by atoms with Gasteiger partial charge in [0.15, 0.2) is 5.75 Å². The molecule has 1 aromatic heterocycles. The van der Waals surface area contributed by atoms with Gasteiger partial charge in [0.2, 0.25) is 4.90 Å². The first-order valence-corrected chi connectivity index (χ1v) is 8.41.